The first-order chi connectivity index (χ1) is 9.60. The van der Waals surface area contributed by atoms with Gasteiger partial charge >= 0.3 is 0 Å². The summed E-state index contributed by atoms with van der Waals surface area (Å²) >= 11 is 0. The van der Waals surface area contributed by atoms with Gasteiger partial charge in [-0.25, -0.2) is 4.39 Å². The van der Waals surface area contributed by atoms with Crippen molar-refractivity contribution < 1.29 is 9.13 Å². The van der Waals surface area contributed by atoms with Crippen molar-refractivity contribution in [3.05, 3.63) is 48.0 Å². The molecule has 20 heavy (non-hydrogen) atoms. The van der Waals surface area contributed by atoms with E-state index in [1.165, 1.54) is 0 Å². The Morgan fingerprint density at radius 1 is 1.25 bits per heavy atom. The smallest absolute Gasteiger partial charge is 0.137 e. The van der Waals surface area contributed by atoms with Gasteiger partial charge in [0.1, 0.15) is 11.6 Å². The summed E-state index contributed by atoms with van der Waals surface area (Å²) in [6.45, 7) is 4.78. The number of rotatable bonds is 5. The van der Waals surface area contributed by atoms with Crippen molar-refractivity contribution in [1.29, 1.82) is 0 Å². The third-order valence-electron chi connectivity index (χ3n) is 3.01. The van der Waals surface area contributed by atoms with Gasteiger partial charge in [0.05, 0.1) is 13.3 Å². The van der Waals surface area contributed by atoms with Crippen LogP contribution in [0.25, 0.3) is 11.1 Å². The number of pyridine rings is 1. The van der Waals surface area contributed by atoms with Crippen LogP contribution in [0, 0.1) is 5.82 Å². The number of hydrogen-bond donors (Lipinski definition) is 1. The van der Waals surface area contributed by atoms with Gasteiger partial charge in [-0.15, -0.1) is 0 Å². The van der Waals surface area contributed by atoms with Gasteiger partial charge in [-0.05, 0) is 17.7 Å². The fourth-order valence-corrected chi connectivity index (χ4v) is 1.90. The second kappa shape index (κ2) is 6.48. The molecule has 0 spiro atoms. The van der Waals surface area contributed by atoms with Crippen LogP contribution >= 0.6 is 0 Å². The Morgan fingerprint density at radius 2 is 2.05 bits per heavy atom. The van der Waals surface area contributed by atoms with Gasteiger partial charge < -0.3 is 10.1 Å². The third kappa shape index (κ3) is 3.54. The van der Waals surface area contributed by atoms with Crippen LogP contribution in [0.4, 0.5) is 4.39 Å². The summed E-state index contributed by atoms with van der Waals surface area (Å²) in [6, 6.07) is 7.42. The molecule has 1 aromatic heterocycles. The average molecular weight is 274 g/mol. The predicted octanol–water partition coefficient (Wildman–Crippen LogP) is 3.39. The van der Waals surface area contributed by atoms with Gasteiger partial charge in [-0.3, -0.25) is 4.98 Å². The van der Waals surface area contributed by atoms with E-state index in [4.69, 9.17) is 4.74 Å². The maximum absolute atomic E-state index is 14.2. The van der Waals surface area contributed by atoms with E-state index in [-0.39, 0.29) is 5.82 Å². The Morgan fingerprint density at radius 3 is 2.70 bits per heavy atom. The highest BCUT2D eigenvalue weighted by Crippen LogP contribution is 2.25. The van der Waals surface area contributed by atoms with Crippen molar-refractivity contribution in [3.63, 3.8) is 0 Å². The van der Waals surface area contributed by atoms with E-state index in [2.05, 4.69) is 24.1 Å². The molecule has 1 heterocycles. The molecule has 1 aromatic carbocycles. The lowest BCUT2D eigenvalue weighted by molar-refractivity contribution is 0.413. The number of benzene rings is 1. The van der Waals surface area contributed by atoms with Crippen LogP contribution in [-0.4, -0.2) is 18.1 Å². The molecule has 3 nitrogen and oxygen atoms in total. The van der Waals surface area contributed by atoms with Crippen molar-refractivity contribution in [2.24, 2.45) is 0 Å². The van der Waals surface area contributed by atoms with Crippen LogP contribution in [0.15, 0.2) is 36.7 Å². The molecule has 2 rings (SSSR count). The van der Waals surface area contributed by atoms with E-state index in [0.29, 0.717) is 29.5 Å². The molecular weight excluding hydrogens is 255 g/mol. The quantitative estimate of drug-likeness (QED) is 0.907. The first-order valence-electron chi connectivity index (χ1n) is 6.61. The van der Waals surface area contributed by atoms with Crippen molar-refractivity contribution in [1.82, 2.24) is 10.3 Å². The molecule has 0 saturated heterocycles. The van der Waals surface area contributed by atoms with E-state index in [1.54, 1.807) is 37.7 Å². The van der Waals surface area contributed by atoms with Gasteiger partial charge in [-0.2, -0.15) is 0 Å². The molecule has 0 aliphatic carbocycles. The monoisotopic (exact) mass is 274 g/mol. The number of hydrogen-bond acceptors (Lipinski definition) is 3. The fraction of sp³-hybridized carbons (Fsp3) is 0.312. The van der Waals surface area contributed by atoms with Crippen LogP contribution in [0.5, 0.6) is 5.75 Å². The Bertz CT molecular complexity index is 584. The SMILES string of the molecule is COc1cncc(-c2ccc(CNC(C)C)cc2F)c1. The third-order valence-corrected chi connectivity index (χ3v) is 3.01. The molecule has 0 fully saturated rings. The fourth-order valence-electron chi connectivity index (χ4n) is 1.90. The summed E-state index contributed by atoms with van der Waals surface area (Å²) in [5.74, 6) is 0.371. The number of ether oxygens (including phenoxy) is 1. The zero-order chi connectivity index (χ0) is 14.5. The molecule has 0 atom stereocenters. The minimum absolute atomic E-state index is 0.247. The Labute approximate surface area is 118 Å². The topological polar surface area (TPSA) is 34.1 Å². The molecule has 0 aliphatic heterocycles. The van der Waals surface area contributed by atoms with E-state index in [0.717, 1.165) is 5.56 Å². The summed E-state index contributed by atoms with van der Waals surface area (Å²) in [5.41, 5.74) is 2.17. The molecule has 1 N–H and O–H groups in total. The molecule has 2 aromatic rings. The summed E-state index contributed by atoms with van der Waals surface area (Å²) in [6.07, 6.45) is 3.23. The highest BCUT2D eigenvalue weighted by Gasteiger charge is 2.08. The van der Waals surface area contributed by atoms with Crippen LogP contribution < -0.4 is 10.1 Å². The highest BCUT2D eigenvalue weighted by molar-refractivity contribution is 5.64. The summed E-state index contributed by atoms with van der Waals surface area (Å²) in [7, 11) is 1.57. The minimum Gasteiger partial charge on any atom is -0.495 e. The zero-order valence-corrected chi connectivity index (χ0v) is 12.0. The number of nitrogens with zero attached hydrogens (tertiary/aromatic N) is 1. The molecule has 0 aliphatic rings. The Hall–Kier alpha value is -1.94. The number of nitrogens with one attached hydrogen (secondary N) is 1. The maximum Gasteiger partial charge on any atom is 0.137 e. The summed E-state index contributed by atoms with van der Waals surface area (Å²) in [4.78, 5) is 4.05. The number of halogens is 1. The Kier molecular flexibility index (Phi) is 4.69. The van der Waals surface area contributed by atoms with Crippen molar-refractivity contribution >= 4 is 0 Å². The van der Waals surface area contributed by atoms with Gasteiger partial charge in [0.2, 0.25) is 0 Å². The summed E-state index contributed by atoms with van der Waals surface area (Å²) in [5, 5.41) is 3.27. The molecule has 4 heteroatoms. The first-order valence-corrected chi connectivity index (χ1v) is 6.61. The number of aromatic nitrogens is 1. The maximum atomic E-state index is 14.2. The second-order valence-electron chi connectivity index (χ2n) is 4.96. The molecule has 0 amide bonds. The molecule has 0 unspecified atom stereocenters. The van der Waals surface area contributed by atoms with Crippen molar-refractivity contribution in [3.8, 4) is 16.9 Å². The van der Waals surface area contributed by atoms with Gasteiger partial charge in [0.15, 0.2) is 0 Å². The van der Waals surface area contributed by atoms with Gasteiger partial charge in [0.25, 0.3) is 0 Å². The predicted molar refractivity (Wildman–Crippen MR) is 78.2 cm³/mol. The highest BCUT2D eigenvalue weighted by atomic mass is 19.1. The lowest BCUT2D eigenvalue weighted by Crippen LogP contribution is -2.21. The molecular formula is C16H19FN2O. The van der Waals surface area contributed by atoms with Crippen molar-refractivity contribution in [2.45, 2.75) is 26.4 Å². The number of methoxy groups -OCH3 is 1. The standard InChI is InChI=1S/C16H19FN2O/c1-11(2)19-8-12-4-5-15(16(17)6-12)13-7-14(20-3)10-18-9-13/h4-7,9-11,19H,8H2,1-3H3. The van der Waals surface area contributed by atoms with E-state index in [1.807, 2.05) is 6.07 Å². The van der Waals surface area contributed by atoms with Crippen LogP contribution in [0.2, 0.25) is 0 Å². The van der Waals surface area contributed by atoms with E-state index in [9.17, 15) is 4.39 Å². The molecule has 0 bridgehead atoms. The van der Waals surface area contributed by atoms with Gasteiger partial charge in [0, 0.05) is 29.9 Å². The van der Waals surface area contributed by atoms with Gasteiger partial charge in [-0.1, -0.05) is 26.0 Å². The second-order valence-corrected chi connectivity index (χ2v) is 4.96. The Balaban J connectivity index is 2.24. The van der Waals surface area contributed by atoms with Crippen LogP contribution in [0.1, 0.15) is 19.4 Å². The van der Waals surface area contributed by atoms with Crippen LogP contribution in [-0.2, 0) is 6.54 Å². The molecule has 0 saturated carbocycles. The average Bonchev–Trinajstić information content (AvgIpc) is 2.45. The summed E-state index contributed by atoms with van der Waals surface area (Å²) < 4.78 is 19.3. The van der Waals surface area contributed by atoms with E-state index < -0.39 is 0 Å². The minimum atomic E-state index is -0.247. The van der Waals surface area contributed by atoms with Crippen LogP contribution in [0.3, 0.4) is 0 Å². The first kappa shape index (κ1) is 14.5. The lowest BCUT2D eigenvalue weighted by atomic mass is 10.0. The zero-order valence-electron chi connectivity index (χ0n) is 12.0. The van der Waals surface area contributed by atoms with Crippen molar-refractivity contribution in [2.75, 3.05) is 7.11 Å². The largest absolute Gasteiger partial charge is 0.495 e. The normalized spacial score (nSPS) is 10.8. The lowest BCUT2D eigenvalue weighted by Gasteiger charge is -2.10. The van der Waals surface area contributed by atoms with E-state index >= 15 is 0 Å². The molecule has 0 radical (unpaired) electrons. The molecule has 106 valence electrons.